The number of carbonyl (C=O) groups is 1. The number of hydrogen-bond donors (Lipinski definition) is 1. The number of aromatic nitrogens is 3. The predicted molar refractivity (Wildman–Crippen MR) is 57.7 cm³/mol. The fraction of sp³-hybridized carbons (Fsp3) is 0.222. The van der Waals surface area contributed by atoms with E-state index in [0.29, 0.717) is 12.2 Å². The monoisotopic (exact) mass is 222 g/mol. The minimum absolute atomic E-state index is 0.0792. The second-order valence-corrected chi connectivity index (χ2v) is 3.76. The van der Waals surface area contributed by atoms with E-state index in [1.54, 1.807) is 29.5 Å². The van der Waals surface area contributed by atoms with Gasteiger partial charge in [0.05, 0.1) is 23.8 Å². The van der Waals surface area contributed by atoms with Gasteiger partial charge in [0.25, 0.3) is 0 Å². The summed E-state index contributed by atoms with van der Waals surface area (Å²) in [7, 11) is 1.78. The second-order valence-electron chi connectivity index (χ2n) is 3.04. The van der Waals surface area contributed by atoms with Crippen LogP contribution in [0, 0.1) is 0 Å². The van der Waals surface area contributed by atoms with Gasteiger partial charge in [-0.1, -0.05) is 0 Å². The van der Waals surface area contributed by atoms with Gasteiger partial charge in [-0.25, -0.2) is 4.98 Å². The maximum atomic E-state index is 11.5. The average molecular weight is 222 g/mol. The van der Waals surface area contributed by atoms with Gasteiger partial charge in [-0.3, -0.25) is 9.48 Å². The van der Waals surface area contributed by atoms with Crippen LogP contribution in [-0.2, 0) is 18.3 Å². The van der Waals surface area contributed by atoms with Crippen LogP contribution in [0.2, 0.25) is 0 Å². The lowest BCUT2D eigenvalue weighted by Crippen LogP contribution is -2.16. The quantitative estimate of drug-likeness (QED) is 0.844. The summed E-state index contributed by atoms with van der Waals surface area (Å²) >= 11 is 1.48. The summed E-state index contributed by atoms with van der Waals surface area (Å²) in [5, 5.41) is 8.57. The molecule has 1 amide bonds. The van der Waals surface area contributed by atoms with Gasteiger partial charge in [0.2, 0.25) is 5.91 Å². The Morgan fingerprint density at radius 3 is 3.13 bits per heavy atom. The molecule has 0 aromatic carbocycles. The van der Waals surface area contributed by atoms with Crippen molar-refractivity contribution in [3.8, 4) is 0 Å². The molecule has 0 saturated heterocycles. The molecule has 2 rings (SSSR count). The van der Waals surface area contributed by atoms with Crippen molar-refractivity contribution in [1.82, 2.24) is 14.8 Å². The topological polar surface area (TPSA) is 59.8 Å². The molecule has 2 aromatic heterocycles. The summed E-state index contributed by atoms with van der Waals surface area (Å²) in [6.07, 6.45) is 1.94. The van der Waals surface area contributed by atoms with Crippen molar-refractivity contribution < 1.29 is 4.79 Å². The first-order valence-electron chi connectivity index (χ1n) is 4.40. The van der Waals surface area contributed by atoms with E-state index in [9.17, 15) is 4.79 Å². The van der Waals surface area contributed by atoms with Crippen LogP contribution in [0.15, 0.2) is 23.2 Å². The Kier molecular flexibility index (Phi) is 2.77. The van der Waals surface area contributed by atoms with Crippen molar-refractivity contribution in [1.29, 1.82) is 0 Å². The minimum Gasteiger partial charge on any atom is -0.311 e. The zero-order valence-electron chi connectivity index (χ0n) is 8.17. The largest absolute Gasteiger partial charge is 0.311 e. The van der Waals surface area contributed by atoms with Gasteiger partial charge in [0.15, 0.2) is 0 Å². The average Bonchev–Trinajstić information content (AvgIpc) is 2.79. The molecule has 78 valence electrons. The number of nitrogens with zero attached hydrogens (tertiary/aromatic N) is 3. The fourth-order valence-electron chi connectivity index (χ4n) is 1.17. The Morgan fingerprint density at radius 1 is 1.67 bits per heavy atom. The Labute approximate surface area is 90.8 Å². The normalized spacial score (nSPS) is 10.2. The number of rotatable bonds is 3. The Bertz CT molecular complexity index is 448. The maximum Gasteiger partial charge on any atom is 0.231 e. The van der Waals surface area contributed by atoms with E-state index >= 15 is 0 Å². The zero-order valence-corrected chi connectivity index (χ0v) is 8.99. The van der Waals surface area contributed by atoms with Gasteiger partial charge >= 0.3 is 0 Å². The van der Waals surface area contributed by atoms with E-state index in [4.69, 9.17) is 0 Å². The lowest BCUT2D eigenvalue weighted by molar-refractivity contribution is -0.115. The van der Waals surface area contributed by atoms with Crippen LogP contribution in [0.25, 0.3) is 0 Å². The molecule has 0 fully saturated rings. The number of hydrogen-bond acceptors (Lipinski definition) is 4. The number of thiazole rings is 1. The lowest BCUT2D eigenvalue weighted by atomic mass is 10.3. The smallest absolute Gasteiger partial charge is 0.231 e. The first kappa shape index (κ1) is 9.85. The standard InChI is InChI=1S/C9H10N4OS/c1-13-8(2-3-11-13)12-9(14)4-7-5-15-6-10-7/h2-3,5-6H,4H2,1H3,(H,12,14). The highest BCUT2D eigenvalue weighted by Crippen LogP contribution is 2.06. The van der Waals surface area contributed by atoms with Crippen molar-refractivity contribution >= 4 is 23.1 Å². The molecule has 5 nitrogen and oxygen atoms in total. The maximum absolute atomic E-state index is 11.5. The van der Waals surface area contributed by atoms with Crippen LogP contribution < -0.4 is 5.32 Å². The lowest BCUT2D eigenvalue weighted by Gasteiger charge is -2.03. The summed E-state index contributed by atoms with van der Waals surface area (Å²) in [6, 6.07) is 1.75. The van der Waals surface area contributed by atoms with Gasteiger partial charge in [-0.2, -0.15) is 5.10 Å². The summed E-state index contributed by atoms with van der Waals surface area (Å²) < 4.78 is 1.61. The van der Waals surface area contributed by atoms with Gasteiger partial charge in [0, 0.05) is 18.5 Å². The molecule has 0 aliphatic carbocycles. The van der Waals surface area contributed by atoms with Crippen LogP contribution in [0.1, 0.15) is 5.69 Å². The molecule has 0 unspecified atom stereocenters. The van der Waals surface area contributed by atoms with Crippen molar-refractivity contribution in [3.63, 3.8) is 0 Å². The van der Waals surface area contributed by atoms with Crippen molar-refractivity contribution in [2.45, 2.75) is 6.42 Å². The van der Waals surface area contributed by atoms with Crippen LogP contribution in [-0.4, -0.2) is 20.7 Å². The molecule has 0 aliphatic heterocycles. The van der Waals surface area contributed by atoms with E-state index < -0.39 is 0 Å². The third-order valence-electron chi connectivity index (χ3n) is 1.91. The molecule has 0 spiro atoms. The molecule has 0 aliphatic rings. The number of nitrogens with one attached hydrogen (secondary N) is 1. The molecule has 1 N–H and O–H groups in total. The fourth-order valence-corrected chi connectivity index (χ4v) is 1.73. The van der Waals surface area contributed by atoms with Gasteiger partial charge in [-0.05, 0) is 0 Å². The van der Waals surface area contributed by atoms with Crippen LogP contribution >= 0.6 is 11.3 Å². The Hall–Kier alpha value is -1.69. The van der Waals surface area contributed by atoms with E-state index in [0.717, 1.165) is 5.69 Å². The molecule has 15 heavy (non-hydrogen) atoms. The first-order valence-corrected chi connectivity index (χ1v) is 5.35. The van der Waals surface area contributed by atoms with Gasteiger partial charge in [-0.15, -0.1) is 11.3 Å². The number of aryl methyl sites for hydroxylation is 1. The summed E-state index contributed by atoms with van der Waals surface area (Å²) in [5.41, 5.74) is 2.51. The molecule has 0 bridgehead atoms. The van der Waals surface area contributed by atoms with Gasteiger partial charge < -0.3 is 5.32 Å². The number of anilines is 1. The molecule has 0 atom stereocenters. The van der Waals surface area contributed by atoms with Gasteiger partial charge in [0.1, 0.15) is 5.82 Å². The summed E-state index contributed by atoms with van der Waals surface area (Å²) in [5.74, 6) is 0.611. The van der Waals surface area contributed by atoms with E-state index in [-0.39, 0.29) is 5.91 Å². The van der Waals surface area contributed by atoms with Crippen LogP contribution in [0.3, 0.4) is 0 Å². The number of carbonyl (C=O) groups excluding carboxylic acids is 1. The SMILES string of the molecule is Cn1nccc1NC(=O)Cc1cscn1. The third kappa shape index (κ3) is 2.41. The molecule has 6 heteroatoms. The highest BCUT2D eigenvalue weighted by Gasteiger charge is 2.07. The Morgan fingerprint density at radius 2 is 2.53 bits per heavy atom. The number of amides is 1. The highest BCUT2D eigenvalue weighted by molar-refractivity contribution is 7.07. The molecular weight excluding hydrogens is 212 g/mol. The third-order valence-corrected chi connectivity index (χ3v) is 2.55. The van der Waals surface area contributed by atoms with Crippen molar-refractivity contribution in [3.05, 3.63) is 28.8 Å². The van der Waals surface area contributed by atoms with Crippen molar-refractivity contribution in [2.24, 2.45) is 7.05 Å². The van der Waals surface area contributed by atoms with Crippen molar-refractivity contribution in [2.75, 3.05) is 5.32 Å². The minimum atomic E-state index is -0.0792. The summed E-state index contributed by atoms with van der Waals surface area (Å²) in [4.78, 5) is 15.6. The molecule has 2 aromatic rings. The Balaban J connectivity index is 1.96. The molecule has 0 saturated carbocycles. The van der Waals surface area contributed by atoms with E-state index in [2.05, 4.69) is 15.4 Å². The second kappa shape index (κ2) is 4.22. The van der Waals surface area contributed by atoms with Crippen LogP contribution in [0.4, 0.5) is 5.82 Å². The highest BCUT2D eigenvalue weighted by atomic mass is 32.1. The predicted octanol–water partition coefficient (Wildman–Crippen LogP) is 1.06. The molecule has 0 radical (unpaired) electrons. The zero-order chi connectivity index (χ0) is 10.7. The molecule has 2 heterocycles. The van der Waals surface area contributed by atoms with E-state index in [1.807, 2.05) is 5.38 Å². The van der Waals surface area contributed by atoms with E-state index in [1.165, 1.54) is 11.3 Å². The van der Waals surface area contributed by atoms with Crippen LogP contribution in [0.5, 0.6) is 0 Å². The summed E-state index contributed by atoms with van der Waals surface area (Å²) in [6.45, 7) is 0. The molecular formula is C9H10N4OS. The first-order chi connectivity index (χ1) is 7.25.